The predicted molar refractivity (Wildman–Crippen MR) is 110 cm³/mol. The van der Waals surface area contributed by atoms with E-state index in [4.69, 9.17) is 9.84 Å². The molecule has 6 heteroatoms. The third-order valence-electron chi connectivity index (χ3n) is 5.04. The molecule has 0 atom stereocenters. The number of ether oxygens (including phenoxy) is 1. The number of hydrogen-bond acceptors (Lipinski definition) is 5. The summed E-state index contributed by atoms with van der Waals surface area (Å²) in [6, 6.07) is 16.5. The molecule has 142 valence electrons. The second-order valence-corrected chi connectivity index (χ2v) is 7.60. The standard InChI is InChI=1S/C22H23N5O/c1-14(2)28-19-10-9-15-5-3-4-6-17(15)18(19)13-23-20-11-12-21-24-25-22(16-7-8-16)27(21)26-20/h3-6,9-12,14,16H,7-8,13H2,1-2H3,(H,23,26). The first-order valence-electron chi connectivity index (χ1n) is 9.82. The van der Waals surface area contributed by atoms with Crippen LogP contribution in [0.3, 0.4) is 0 Å². The highest BCUT2D eigenvalue weighted by Crippen LogP contribution is 2.38. The summed E-state index contributed by atoms with van der Waals surface area (Å²) in [6.45, 7) is 4.73. The van der Waals surface area contributed by atoms with Crippen LogP contribution in [0.15, 0.2) is 48.5 Å². The zero-order valence-corrected chi connectivity index (χ0v) is 16.1. The minimum absolute atomic E-state index is 0.118. The summed E-state index contributed by atoms with van der Waals surface area (Å²) in [5.41, 5.74) is 1.93. The van der Waals surface area contributed by atoms with Gasteiger partial charge in [0.15, 0.2) is 11.5 Å². The van der Waals surface area contributed by atoms with Crippen LogP contribution in [0.2, 0.25) is 0 Å². The van der Waals surface area contributed by atoms with Gasteiger partial charge in [-0.15, -0.1) is 15.3 Å². The van der Waals surface area contributed by atoms with E-state index in [-0.39, 0.29) is 6.10 Å². The molecule has 1 fully saturated rings. The molecule has 0 spiro atoms. The number of rotatable bonds is 6. The van der Waals surface area contributed by atoms with Crippen molar-refractivity contribution in [3.63, 3.8) is 0 Å². The van der Waals surface area contributed by atoms with Crippen LogP contribution in [0.25, 0.3) is 16.4 Å². The molecule has 1 aliphatic carbocycles. The maximum Gasteiger partial charge on any atom is 0.178 e. The van der Waals surface area contributed by atoms with Crippen LogP contribution in [0, 0.1) is 0 Å². The molecule has 2 heterocycles. The number of aromatic nitrogens is 4. The zero-order valence-electron chi connectivity index (χ0n) is 16.1. The fraction of sp³-hybridized carbons (Fsp3) is 0.318. The van der Waals surface area contributed by atoms with Gasteiger partial charge in [0.1, 0.15) is 11.6 Å². The Labute approximate surface area is 163 Å². The lowest BCUT2D eigenvalue weighted by Gasteiger charge is -2.17. The molecule has 0 saturated heterocycles. The Bertz CT molecular complexity index is 1150. The largest absolute Gasteiger partial charge is 0.491 e. The molecule has 0 radical (unpaired) electrons. The molecular formula is C22H23N5O. The molecule has 4 aromatic rings. The maximum absolute atomic E-state index is 6.07. The summed E-state index contributed by atoms with van der Waals surface area (Å²) in [5.74, 6) is 3.18. The number of nitrogens with one attached hydrogen (secondary N) is 1. The summed E-state index contributed by atoms with van der Waals surface area (Å²) in [6.07, 6.45) is 2.46. The van der Waals surface area contributed by atoms with Crippen LogP contribution in [-0.4, -0.2) is 25.9 Å². The molecule has 0 unspecified atom stereocenters. The highest BCUT2D eigenvalue weighted by molar-refractivity contribution is 5.88. The minimum atomic E-state index is 0.118. The van der Waals surface area contributed by atoms with E-state index in [1.54, 1.807) is 0 Å². The van der Waals surface area contributed by atoms with E-state index in [9.17, 15) is 0 Å². The predicted octanol–water partition coefficient (Wildman–Crippen LogP) is 4.55. The molecule has 0 bridgehead atoms. The SMILES string of the molecule is CC(C)Oc1ccc2ccccc2c1CNc1ccc2nnc(C3CC3)n2n1. The van der Waals surface area contributed by atoms with Crippen molar-refractivity contribution in [2.75, 3.05) is 5.32 Å². The van der Waals surface area contributed by atoms with Gasteiger partial charge < -0.3 is 10.1 Å². The minimum Gasteiger partial charge on any atom is -0.491 e. The third-order valence-corrected chi connectivity index (χ3v) is 5.04. The van der Waals surface area contributed by atoms with E-state index in [1.165, 1.54) is 23.6 Å². The number of hydrogen-bond donors (Lipinski definition) is 1. The van der Waals surface area contributed by atoms with Crippen molar-refractivity contribution in [2.24, 2.45) is 0 Å². The fourth-order valence-corrected chi connectivity index (χ4v) is 3.54. The van der Waals surface area contributed by atoms with E-state index in [2.05, 4.69) is 51.9 Å². The Kier molecular flexibility index (Phi) is 4.11. The van der Waals surface area contributed by atoms with Crippen LogP contribution in [0.4, 0.5) is 5.82 Å². The number of fused-ring (bicyclic) bond motifs is 2. The molecule has 1 N–H and O–H groups in total. The summed E-state index contributed by atoms with van der Waals surface area (Å²) in [7, 11) is 0. The number of nitrogens with zero attached hydrogens (tertiary/aromatic N) is 4. The lowest BCUT2D eigenvalue weighted by molar-refractivity contribution is 0.240. The van der Waals surface area contributed by atoms with Crippen molar-refractivity contribution in [1.29, 1.82) is 0 Å². The summed E-state index contributed by atoms with van der Waals surface area (Å²) < 4.78 is 7.94. The second kappa shape index (κ2) is 6.78. The van der Waals surface area contributed by atoms with Gasteiger partial charge in [-0.05, 0) is 55.7 Å². The topological polar surface area (TPSA) is 64.3 Å². The first kappa shape index (κ1) is 17.0. The van der Waals surface area contributed by atoms with Gasteiger partial charge in [0.25, 0.3) is 0 Å². The van der Waals surface area contributed by atoms with E-state index >= 15 is 0 Å². The Morgan fingerprint density at radius 1 is 1.07 bits per heavy atom. The monoisotopic (exact) mass is 373 g/mol. The van der Waals surface area contributed by atoms with Crippen LogP contribution >= 0.6 is 0 Å². The first-order valence-corrected chi connectivity index (χ1v) is 9.82. The van der Waals surface area contributed by atoms with E-state index < -0.39 is 0 Å². The smallest absolute Gasteiger partial charge is 0.178 e. The van der Waals surface area contributed by atoms with Gasteiger partial charge >= 0.3 is 0 Å². The van der Waals surface area contributed by atoms with Gasteiger partial charge in [0.05, 0.1) is 6.10 Å². The summed E-state index contributed by atoms with van der Waals surface area (Å²) >= 11 is 0. The average molecular weight is 373 g/mol. The van der Waals surface area contributed by atoms with Gasteiger partial charge in [-0.3, -0.25) is 0 Å². The summed E-state index contributed by atoms with van der Waals surface area (Å²) in [4.78, 5) is 0. The van der Waals surface area contributed by atoms with Gasteiger partial charge in [-0.2, -0.15) is 4.52 Å². The molecule has 0 aliphatic heterocycles. The number of anilines is 1. The van der Waals surface area contributed by atoms with Crippen molar-refractivity contribution in [1.82, 2.24) is 19.8 Å². The third kappa shape index (κ3) is 3.15. The highest BCUT2D eigenvalue weighted by Gasteiger charge is 2.29. The lowest BCUT2D eigenvalue weighted by atomic mass is 10.0. The van der Waals surface area contributed by atoms with Crippen LogP contribution < -0.4 is 10.1 Å². The molecule has 2 aromatic heterocycles. The van der Waals surface area contributed by atoms with Crippen molar-refractivity contribution >= 4 is 22.2 Å². The Morgan fingerprint density at radius 2 is 1.93 bits per heavy atom. The van der Waals surface area contributed by atoms with Crippen LogP contribution in [-0.2, 0) is 6.54 Å². The van der Waals surface area contributed by atoms with Crippen LogP contribution in [0.5, 0.6) is 5.75 Å². The molecular weight excluding hydrogens is 350 g/mol. The molecule has 28 heavy (non-hydrogen) atoms. The van der Waals surface area contributed by atoms with Crippen LogP contribution in [0.1, 0.15) is 44.0 Å². The molecule has 0 amide bonds. The van der Waals surface area contributed by atoms with E-state index in [0.717, 1.165) is 28.6 Å². The molecule has 5 rings (SSSR count). The zero-order chi connectivity index (χ0) is 19.1. The average Bonchev–Trinajstić information content (AvgIpc) is 3.46. The summed E-state index contributed by atoms with van der Waals surface area (Å²) in [5, 5.41) is 19.1. The molecule has 1 aliphatic rings. The quantitative estimate of drug-likeness (QED) is 0.537. The normalized spacial score (nSPS) is 14.1. The highest BCUT2D eigenvalue weighted by atomic mass is 16.5. The van der Waals surface area contributed by atoms with Crippen molar-refractivity contribution < 1.29 is 4.74 Å². The fourth-order valence-electron chi connectivity index (χ4n) is 3.54. The number of benzene rings is 2. The first-order chi connectivity index (χ1) is 13.7. The molecule has 6 nitrogen and oxygen atoms in total. The maximum atomic E-state index is 6.07. The Hall–Kier alpha value is -3.15. The van der Waals surface area contributed by atoms with Crippen molar-refractivity contribution in [2.45, 2.75) is 45.3 Å². The van der Waals surface area contributed by atoms with Crippen molar-refractivity contribution in [3.8, 4) is 5.75 Å². The van der Waals surface area contributed by atoms with Gasteiger partial charge in [-0.1, -0.05) is 30.3 Å². The van der Waals surface area contributed by atoms with E-state index in [0.29, 0.717) is 12.5 Å². The van der Waals surface area contributed by atoms with Gasteiger partial charge in [0.2, 0.25) is 0 Å². The van der Waals surface area contributed by atoms with Crippen molar-refractivity contribution in [3.05, 3.63) is 59.9 Å². The van der Waals surface area contributed by atoms with E-state index in [1.807, 2.05) is 30.5 Å². The Balaban J connectivity index is 1.48. The second-order valence-electron chi connectivity index (χ2n) is 7.60. The Morgan fingerprint density at radius 3 is 2.75 bits per heavy atom. The van der Waals surface area contributed by atoms with Gasteiger partial charge in [0, 0.05) is 18.0 Å². The molecule has 1 saturated carbocycles. The van der Waals surface area contributed by atoms with Gasteiger partial charge in [-0.25, -0.2) is 0 Å². The molecule has 2 aromatic carbocycles. The lowest BCUT2D eigenvalue weighted by Crippen LogP contribution is -2.11.